The number of nitrogens with one attached hydrogen (secondary N) is 1. The van der Waals surface area contributed by atoms with E-state index in [1.807, 2.05) is 36.4 Å². The Balaban J connectivity index is 1.51. The number of furan rings is 1. The topological polar surface area (TPSA) is 55.1 Å². The molecule has 3 rings (SSSR count). The van der Waals surface area contributed by atoms with Crippen LogP contribution in [0.1, 0.15) is 30.4 Å². The molecule has 1 atom stereocenters. The molecular weight excluding hydrogens is 300 g/mol. The highest BCUT2D eigenvalue weighted by Gasteiger charge is 2.10. The first-order valence-electron chi connectivity index (χ1n) is 8.01. The first-order chi connectivity index (χ1) is 11.7. The number of aromatic nitrogens is 1. The van der Waals surface area contributed by atoms with E-state index in [2.05, 4.69) is 29.4 Å². The minimum absolute atomic E-state index is 0.0465. The fraction of sp³-hybridized carbons (Fsp3) is 0.200. The van der Waals surface area contributed by atoms with Crippen LogP contribution in [0, 0.1) is 0 Å². The molecule has 0 spiro atoms. The van der Waals surface area contributed by atoms with Gasteiger partial charge in [0.05, 0.1) is 18.2 Å². The van der Waals surface area contributed by atoms with Crippen LogP contribution in [0.25, 0.3) is 11.3 Å². The first kappa shape index (κ1) is 16.0. The fourth-order valence-electron chi connectivity index (χ4n) is 2.56. The van der Waals surface area contributed by atoms with Gasteiger partial charge in [-0.15, -0.1) is 0 Å². The largest absolute Gasteiger partial charge is 0.472 e. The zero-order chi connectivity index (χ0) is 16.8. The molecule has 4 heteroatoms. The zero-order valence-electron chi connectivity index (χ0n) is 13.6. The predicted octanol–water partition coefficient (Wildman–Crippen LogP) is 4.15. The molecular formula is C20H20N2O2. The molecule has 0 bridgehead atoms. The van der Waals surface area contributed by atoms with Crippen LogP contribution >= 0.6 is 0 Å². The summed E-state index contributed by atoms with van der Waals surface area (Å²) in [5, 5.41) is 2.96. The summed E-state index contributed by atoms with van der Waals surface area (Å²) in [4.78, 5) is 16.5. The molecule has 3 aromatic rings. The van der Waals surface area contributed by atoms with Gasteiger partial charge in [0.1, 0.15) is 0 Å². The smallest absolute Gasteiger partial charge is 0.220 e. The highest BCUT2D eigenvalue weighted by molar-refractivity contribution is 5.76. The van der Waals surface area contributed by atoms with E-state index in [-0.39, 0.29) is 11.8 Å². The maximum absolute atomic E-state index is 12.1. The van der Waals surface area contributed by atoms with Gasteiger partial charge >= 0.3 is 0 Å². The Labute approximate surface area is 141 Å². The van der Waals surface area contributed by atoms with Gasteiger partial charge in [0.2, 0.25) is 5.91 Å². The van der Waals surface area contributed by atoms with Gasteiger partial charge in [-0.25, -0.2) is 0 Å². The van der Waals surface area contributed by atoms with Gasteiger partial charge in [-0.05, 0) is 29.2 Å². The van der Waals surface area contributed by atoms with Gasteiger partial charge in [-0.3, -0.25) is 9.78 Å². The van der Waals surface area contributed by atoms with Gasteiger partial charge in [-0.2, -0.15) is 0 Å². The van der Waals surface area contributed by atoms with Crippen molar-refractivity contribution in [2.24, 2.45) is 0 Å². The lowest BCUT2D eigenvalue weighted by molar-refractivity contribution is -0.121. The van der Waals surface area contributed by atoms with Crippen LogP contribution in [0.3, 0.4) is 0 Å². The Morgan fingerprint density at radius 2 is 2.00 bits per heavy atom. The molecule has 0 radical (unpaired) electrons. The highest BCUT2D eigenvalue weighted by Crippen LogP contribution is 2.19. The Morgan fingerprint density at radius 3 is 2.67 bits per heavy atom. The van der Waals surface area contributed by atoms with Gasteiger partial charge in [0.25, 0.3) is 0 Å². The van der Waals surface area contributed by atoms with Crippen molar-refractivity contribution in [2.75, 3.05) is 0 Å². The van der Waals surface area contributed by atoms with Crippen molar-refractivity contribution in [1.29, 1.82) is 0 Å². The monoisotopic (exact) mass is 320 g/mol. The molecule has 0 saturated heterocycles. The number of nitrogens with zero attached hydrogens (tertiary/aromatic N) is 1. The van der Waals surface area contributed by atoms with Crippen LogP contribution in [-0.2, 0) is 11.3 Å². The minimum atomic E-state index is 0.0465. The molecule has 0 saturated carbocycles. The average Bonchev–Trinajstić information content (AvgIpc) is 3.16. The van der Waals surface area contributed by atoms with Crippen molar-refractivity contribution >= 4 is 5.91 Å². The van der Waals surface area contributed by atoms with Crippen LogP contribution in [0.4, 0.5) is 0 Å². The molecule has 4 nitrogen and oxygen atoms in total. The van der Waals surface area contributed by atoms with E-state index < -0.39 is 0 Å². The van der Waals surface area contributed by atoms with Gasteiger partial charge < -0.3 is 9.73 Å². The molecule has 122 valence electrons. The standard InChI is InChI=1S/C20H20N2O2/c1-15(17-5-3-2-4-6-17)11-20(23)22-13-16-7-8-19(21-12-16)18-9-10-24-14-18/h2-10,12,14-15H,11,13H2,1H3,(H,22,23). The molecule has 2 heterocycles. The van der Waals surface area contributed by atoms with E-state index in [0.29, 0.717) is 13.0 Å². The fourth-order valence-corrected chi connectivity index (χ4v) is 2.56. The lowest BCUT2D eigenvalue weighted by atomic mass is 9.97. The van der Waals surface area contributed by atoms with E-state index in [1.54, 1.807) is 18.7 Å². The summed E-state index contributed by atoms with van der Waals surface area (Å²) >= 11 is 0. The number of carbonyl (C=O) groups is 1. The second kappa shape index (κ2) is 7.59. The lowest BCUT2D eigenvalue weighted by Gasteiger charge is -2.12. The van der Waals surface area contributed by atoms with Gasteiger partial charge in [0.15, 0.2) is 0 Å². The van der Waals surface area contributed by atoms with Crippen molar-refractivity contribution in [2.45, 2.75) is 25.8 Å². The third kappa shape index (κ3) is 4.10. The summed E-state index contributed by atoms with van der Waals surface area (Å²) in [5.41, 5.74) is 3.96. The number of pyridine rings is 1. The predicted molar refractivity (Wildman–Crippen MR) is 93.3 cm³/mol. The van der Waals surface area contributed by atoms with E-state index in [9.17, 15) is 4.79 Å². The summed E-state index contributed by atoms with van der Waals surface area (Å²) in [5.74, 6) is 0.248. The number of amides is 1. The minimum Gasteiger partial charge on any atom is -0.472 e. The van der Waals surface area contributed by atoms with Crippen LogP contribution in [-0.4, -0.2) is 10.9 Å². The Kier molecular flexibility index (Phi) is 5.06. The Bertz CT molecular complexity index is 765. The number of hydrogen-bond acceptors (Lipinski definition) is 3. The van der Waals surface area contributed by atoms with Crippen LogP contribution in [0.15, 0.2) is 71.7 Å². The SMILES string of the molecule is CC(CC(=O)NCc1ccc(-c2ccoc2)nc1)c1ccccc1. The van der Waals surface area contributed by atoms with Crippen molar-refractivity contribution in [3.05, 3.63) is 78.4 Å². The van der Waals surface area contributed by atoms with E-state index >= 15 is 0 Å². The molecule has 0 aliphatic carbocycles. The zero-order valence-corrected chi connectivity index (χ0v) is 13.6. The molecule has 24 heavy (non-hydrogen) atoms. The van der Waals surface area contributed by atoms with Gasteiger partial charge in [-0.1, -0.05) is 43.3 Å². The summed E-state index contributed by atoms with van der Waals surface area (Å²) in [6, 6.07) is 15.8. The molecule has 1 N–H and O–H groups in total. The van der Waals surface area contributed by atoms with Crippen LogP contribution < -0.4 is 5.32 Å². The number of benzene rings is 1. The molecule has 1 unspecified atom stereocenters. The molecule has 0 aliphatic heterocycles. The third-order valence-electron chi connectivity index (χ3n) is 3.99. The summed E-state index contributed by atoms with van der Waals surface area (Å²) in [6.07, 6.45) is 5.54. The van der Waals surface area contributed by atoms with E-state index in [1.165, 1.54) is 5.56 Å². The summed E-state index contributed by atoms with van der Waals surface area (Å²) < 4.78 is 5.05. The third-order valence-corrected chi connectivity index (χ3v) is 3.99. The number of carbonyl (C=O) groups excluding carboxylic acids is 1. The maximum atomic E-state index is 12.1. The first-order valence-corrected chi connectivity index (χ1v) is 8.01. The molecule has 1 aromatic carbocycles. The lowest BCUT2D eigenvalue weighted by Crippen LogP contribution is -2.24. The van der Waals surface area contributed by atoms with Crippen molar-refractivity contribution in [3.63, 3.8) is 0 Å². The molecule has 1 amide bonds. The quantitative estimate of drug-likeness (QED) is 0.742. The summed E-state index contributed by atoms with van der Waals surface area (Å²) in [6.45, 7) is 2.55. The number of hydrogen-bond donors (Lipinski definition) is 1. The van der Waals surface area contributed by atoms with Gasteiger partial charge in [0, 0.05) is 24.7 Å². The van der Waals surface area contributed by atoms with Crippen molar-refractivity contribution < 1.29 is 9.21 Å². The Hall–Kier alpha value is -2.88. The molecule has 2 aromatic heterocycles. The summed E-state index contributed by atoms with van der Waals surface area (Å²) in [7, 11) is 0. The van der Waals surface area contributed by atoms with E-state index in [0.717, 1.165) is 16.8 Å². The van der Waals surface area contributed by atoms with Crippen molar-refractivity contribution in [3.8, 4) is 11.3 Å². The normalized spacial score (nSPS) is 11.9. The Morgan fingerprint density at radius 1 is 1.17 bits per heavy atom. The average molecular weight is 320 g/mol. The maximum Gasteiger partial charge on any atom is 0.220 e. The number of rotatable bonds is 6. The van der Waals surface area contributed by atoms with Crippen LogP contribution in [0.5, 0.6) is 0 Å². The molecule has 0 fully saturated rings. The van der Waals surface area contributed by atoms with Crippen molar-refractivity contribution in [1.82, 2.24) is 10.3 Å². The highest BCUT2D eigenvalue weighted by atomic mass is 16.3. The molecule has 0 aliphatic rings. The second-order valence-corrected chi connectivity index (χ2v) is 5.86. The second-order valence-electron chi connectivity index (χ2n) is 5.86. The van der Waals surface area contributed by atoms with E-state index in [4.69, 9.17) is 4.42 Å². The van der Waals surface area contributed by atoms with Crippen LogP contribution in [0.2, 0.25) is 0 Å².